The van der Waals surface area contributed by atoms with E-state index in [9.17, 15) is 4.79 Å². The van der Waals surface area contributed by atoms with Gasteiger partial charge in [-0.15, -0.1) is 0 Å². The number of nitrogens with zero attached hydrogens (tertiary/aromatic N) is 2. The molecule has 0 radical (unpaired) electrons. The van der Waals surface area contributed by atoms with E-state index >= 15 is 0 Å². The summed E-state index contributed by atoms with van der Waals surface area (Å²) in [5, 5.41) is 3.75. The van der Waals surface area contributed by atoms with Gasteiger partial charge in [-0.3, -0.25) is 14.8 Å². The van der Waals surface area contributed by atoms with E-state index in [1.54, 1.807) is 44.8 Å². The number of methoxy groups -OCH3 is 2. The van der Waals surface area contributed by atoms with Crippen LogP contribution in [0.3, 0.4) is 0 Å². The van der Waals surface area contributed by atoms with Crippen LogP contribution in [0.4, 0.5) is 5.69 Å². The molecule has 2 aromatic heterocycles. The molecular formula is C25H23N3O4. The molecule has 7 nitrogen and oxygen atoms in total. The summed E-state index contributed by atoms with van der Waals surface area (Å²) in [6, 6.07) is 16.4. The van der Waals surface area contributed by atoms with Gasteiger partial charge in [-0.25, -0.2) is 0 Å². The van der Waals surface area contributed by atoms with Crippen LogP contribution in [0.1, 0.15) is 21.6 Å². The molecule has 1 amide bonds. The second-order valence-electron chi connectivity index (χ2n) is 7.15. The quantitative estimate of drug-likeness (QED) is 0.455. The van der Waals surface area contributed by atoms with Gasteiger partial charge in [0.25, 0.3) is 5.91 Å². The van der Waals surface area contributed by atoms with Crippen molar-refractivity contribution < 1.29 is 19.0 Å². The second kappa shape index (κ2) is 9.34. The largest absolute Gasteiger partial charge is 0.497 e. The molecule has 0 unspecified atom stereocenters. The van der Waals surface area contributed by atoms with Crippen LogP contribution in [0.15, 0.2) is 67.0 Å². The lowest BCUT2D eigenvalue weighted by molar-refractivity contribution is 0.102. The van der Waals surface area contributed by atoms with Crippen molar-refractivity contribution in [2.45, 2.75) is 13.5 Å². The van der Waals surface area contributed by atoms with Gasteiger partial charge in [0.05, 0.1) is 31.0 Å². The number of fused-ring (bicyclic) bond motifs is 1. The van der Waals surface area contributed by atoms with Crippen LogP contribution in [0.2, 0.25) is 0 Å². The van der Waals surface area contributed by atoms with Crippen LogP contribution in [-0.4, -0.2) is 30.1 Å². The van der Waals surface area contributed by atoms with Gasteiger partial charge in [0.1, 0.15) is 12.4 Å². The lowest BCUT2D eigenvalue weighted by Crippen LogP contribution is -2.14. The first-order chi connectivity index (χ1) is 15.6. The molecule has 4 aromatic rings. The Hall–Kier alpha value is -4.13. The summed E-state index contributed by atoms with van der Waals surface area (Å²) < 4.78 is 16.6. The Kier molecular flexibility index (Phi) is 6.17. The highest BCUT2D eigenvalue weighted by atomic mass is 16.5. The SMILES string of the molecule is COc1ccc2nc(C)c(C(=O)Nc3ccc(OC)c(OCc4cccnc4)c3)cc2c1. The number of amides is 1. The first-order valence-electron chi connectivity index (χ1n) is 10.0. The van der Waals surface area contributed by atoms with Gasteiger partial charge in [-0.1, -0.05) is 6.07 Å². The maximum Gasteiger partial charge on any atom is 0.257 e. The average Bonchev–Trinajstić information content (AvgIpc) is 2.82. The Balaban J connectivity index is 1.56. The molecule has 0 aliphatic heterocycles. The molecule has 0 fully saturated rings. The summed E-state index contributed by atoms with van der Waals surface area (Å²) in [7, 11) is 3.18. The topological polar surface area (TPSA) is 82.6 Å². The van der Waals surface area contributed by atoms with E-state index in [1.807, 2.05) is 43.3 Å². The number of rotatable bonds is 7. The zero-order valence-corrected chi connectivity index (χ0v) is 18.1. The van der Waals surface area contributed by atoms with Crippen molar-refractivity contribution in [1.82, 2.24) is 9.97 Å². The number of aromatic nitrogens is 2. The molecule has 0 atom stereocenters. The monoisotopic (exact) mass is 429 g/mol. The number of aryl methyl sites for hydroxylation is 1. The Morgan fingerprint density at radius 3 is 2.62 bits per heavy atom. The summed E-state index contributed by atoms with van der Waals surface area (Å²) >= 11 is 0. The third-order valence-electron chi connectivity index (χ3n) is 5.00. The van der Waals surface area contributed by atoms with E-state index in [0.717, 1.165) is 16.5 Å². The maximum atomic E-state index is 13.0. The highest BCUT2D eigenvalue weighted by Crippen LogP contribution is 2.31. The van der Waals surface area contributed by atoms with Gasteiger partial charge in [-0.2, -0.15) is 0 Å². The van der Waals surface area contributed by atoms with E-state index in [-0.39, 0.29) is 5.91 Å². The Labute approximate surface area is 186 Å². The number of ether oxygens (including phenoxy) is 3. The highest BCUT2D eigenvalue weighted by molar-refractivity contribution is 6.07. The Bertz CT molecular complexity index is 1260. The molecule has 1 N–H and O–H groups in total. The molecule has 0 bridgehead atoms. The molecule has 0 aliphatic rings. The smallest absolute Gasteiger partial charge is 0.257 e. The first kappa shape index (κ1) is 21.1. The number of anilines is 1. The number of hydrogen-bond donors (Lipinski definition) is 1. The number of nitrogens with one attached hydrogen (secondary N) is 1. The molecule has 2 heterocycles. The van der Waals surface area contributed by atoms with Crippen LogP contribution < -0.4 is 19.5 Å². The molecule has 0 saturated heterocycles. The molecule has 0 saturated carbocycles. The van der Waals surface area contributed by atoms with Gasteiger partial charge >= 0.3 is 0 Å². The van der Waals surface area contributed by atoms with Crippen molar-refractivity contribution in [2.75, 3.05) is 19.5 Å². The Morgan fingerprint density at radius 1 is 1.00 bits per heavy atom. The first-order valence-corrected chi connectivity index (χ1v) is 10.0. The molecule has 32 heavy (non-hydrogen) atoms. The van der Waals surface area contributed by atoms with Crippen molar-refractivity contribution in [3.05, 3.63) is 83.8 Å². The van der Waals surface area contributed by atoms with Crippen molar-refractivity contribution in [2.24, 2.45) is 0 Å². The van der Waals surface area contributed by atoms with Gasteiger partial charge in [0, 0.05) is 35.1 Å². The summed E-state index contributed by atoms with van der Waals surface area (Å²) in [4.78, 5) is 21.7. The van der Waals surface area contributed by atoms with E-state index in [2.05, 4.69) is 15.3 Å². The minimum atomic E-state index is -0.261. The fourth-order valence-corrected chi connectivity index (χ4v) is 3.32. The lowest BCUT2D eigenvalue weighted by atomic mass is 10.1. The number of pyridine rings is 2. The standard InChI is InChI=1S/C25H23N3O4/c1-16-21(12-18-11-20(30-2)7-8-22(18)27-16)25(29)28-19-6-9-23(31-3)24(13-19)32-15-17-5-4-10-26-14-17/h4-14H,15H2,1-3H3,(H,28,29). The summed E-state index contributed by atoms with van der Waals surface area (Å²) in [6.07, 6.45) is 3.45. The van der Waals surface area contributed by atoms with Crippen LogP contribution in [0, 0.1) is 6.92 Å². The minimum Gasteiger partial charge on any atom is -0.497 e. The van der Waals surface area contributed by atoms with Crippen molar-refractivity contribution in [3.8, 4) is 17.2 Å². The second-order valence-corrected chi connectivity index (χ2v) is 7.15. The molecule has 0 aliphatic carbocycles. The molecular weight excluding hydrogens is 406 g/mol. The molecule has 7 heteroatoms. The maximum absolute atomic E-state index is 13.0. The van der Waals surface area contributed by atoms with Gasteiger partial charge in [0.2, 0.25) is 0 Å². The fourth-order valence-electron chi connectivity index (χ4n) is 3.32. The van der Waals surface area contributed by atoms with Crippen LogP contribution >= 0.6 is 0 Å². The Morgan fingerprint density at radius 2 is 1.88 bits per heavy atom. The molecule has 0 spiro atoms. The lowest BCUT2D eigenvalue weighted by Gasteiger charge is -2.14. The van der Waals surface area contributed by atoms with Crippen molar-refractivity contribution in [1.29, 1.82) is 0 Å². The third-order valence-corrected chi connectivity index (χ3v) is 5.00. The summed E-state index contributed by atoms with van der Waals surface area (Å²) in [5.41, 5.74) is 3.44. The number of benzene rings is 2. The van der Waals surface area contributed by atoms with E-state index in [4.69, 9.17) is 14.2 Å². The average molecular weight is 429 g/mol. The minimum absolute atomic E-state index is 0.261. The van der Waals surface area contributed by atoms with Gasteiger partial charge in [-0.05, 0) is 49.4 Å². The molecule has 2 aromatic carbocycles. The fraction of sp³-hybridized carbons (Fsp3) is 0.160. The predicted molar refractivity (Wildman–Crippen MR) is 123 cm³/mol. The van der Waals surface area contributed by atoms with E-state index < -0.39 is 0 Å². The molecule has 4 rings (SSSR count). The van der Waals surface area contributed by atoms with Crippen molar-refractivity contribution >= 4 is 22.5 Å². The third kappa shape index (κ3) is 4.62. The summed E-state index contributed by atoms with van der Waals surface area (Å²) in [5.74, 6) is 1.54. The zero-order valence-electron chi connectivity index (χ0n) is 18.1. The number of carbonyl (C=O) groups excluding carboxylic acids is 1. The van der Waals surface area contributed by atoms with Gasteiger partial charge in [0.15, 0.2) is 11.5 Å². The summed E-state index contributed by atoms with van der Waals surface area (Å²) in [6.45, 7) is 2.15. The normalized spacial score (nSPS) is 10.6. The van der Waals surface area contributed by atoms with Gasteiger partial charge < -0.3 is 19.5 Å². The number of carbonyl (C=O) groups is 1. The van der Waals surface area contributed by atoms with E-state index in [1.165, 1.54) is 0 Å². The predicted octanol–water partition coefficient (Wildman–Crippen LogP) is 4.79. The number of hydrogen-bond acceptors (Lipinski definition) is 6. The zero-order chi connectivity index (χ0) is 22.5. The molecule has 162 valence electrons. The van der Waals surface area contributed by atoms with Crippen LogP contribution in [-0.2, 0) is 6.61 Å². The van der Waals surface area contributed by atoms with E-state index in [0.29, 0.717) is 40.8 Å². The van der Waals surface area contributed by atoms with Crippen LogP contribution in [0.25, 0.3) is 10.9 Å². The van der Waals surface area contributed by atoms with Crippen molar-refractivity contribution in [3.63, 3.8) is 0 Å². The van der Waals surface area contributed by atoms with Crippen LogP contribution in [0.5, 0.6) is 17.2 Å². The highest BCUT2D eigenvalue weighted by Gasteiger charge is 2.14.